The first kappa shape index (κ1) is 30.0. The molecule has 0 amide bonds. The van der Waals surface area contributed by atoms with Crippen molar-refractivity contribution in [2.75, 3.05) is 4.90 Å². The van der Waals surface area contributed by atoms with Gasteiger partial charge in [-0.3, -0.25) is 0 Å². The summed E-state index contributed by atoms with van der Waals surface area (Å²) in [7, 11) is 0. The van der Waals surface area contributed by atoms with E-state index < -0.39 is 0 Å². The van der Waals surface area contributed by atoms with Gasteiger partial charge >= 0.3 is 0 Å². The van der Waals surface area contributed by atoms with Gasteiger partial charge in [-0.25, -0.2) is 4.39 Å². The number of hydrogen-bond donors (Lipinski definition) is 0. The van der Waals surface area contributed by atoms with Crippen molar-refractivity contribution in [1.82, 2.24) is 4.57 Å². The Labute approximate surface area is 300 Å². The van der Waals surface area contributed by atoms with Gasteiger partial charge in [0.05, 0.1) is 11.0 Å². The number of nitrogens with zero attached hydrogens (tertiary/aromatic N) is 2. The maximum Gasteiger partial charge on any atom is 0.135 e. The van der Waals surface area contributed by atoms with Crippen LogP contribution in [0.5, 0.6) is 0 Å². The average Bonchev–Trinajstić information content (AvgIpc) is 3.74. The van der Waals surface area contributed by atoms with E-state index in [0.717, 1.165) is 77.6 Å². The lowest BCUT2D eigenvalue weighted by Crippen LogP contribution is -2.09. The van der Waals surface area contributed by atoms with Gasteiger partial charge in [0.25, 0.3) is 0 Å². The Morgan fingerprint density at radius 2 is 0.942 bits per heavy atom. The molecule has 0 N–H and O–H groups in total. The molecule has 0 aliphatic heterocycles. The van der Waals surface area contributed by atoms with Gasteiger partial charge in [-0.2, -0.15) is 0 Å². The Hall–Kier alpha value is -6.91. The zero-order chi connectivity index (χ0) is 34.6. The molecule has 0 spiro atoms. The molecule has 0 unspecified atom stereocenters. The number of fused-ring (bicyclic) bond motifs is 6. The second-order valence-corrected chi connectivity index (χ2v) is 13.1. The van der Waals surface area contributed by atoms with Crippen molar-refractivity contribution in [3.8, 4) is 27.9 Å². The summed E-state index contributed by atoms with van der Waals surface area (Å²) in [4.78, 5) is 2.30. The topological polar surface area (TPSA) is 21.3 Å². The monoisotopic (exact) mass is 670 g/mol. The average molecular weight is 671 g/mol. The van der Waals surface area contributed by atoms with E-state index in [9.17, 15) is 4.39 Å². The minimum absolute atomic E-state index is 0.242. The molecule has 0 saturated carbocycles. The summed E-state index contributed by atoms with van der Waals surface area (Å²) in [6.45, 7) is 0. The summed E-state index contributed by atoms with van der Waals surface area (Å²) in [5.74, 6) is -0.242. The predicted octanol–water partition coefficient (Wildman–Crippen LogP) is 13.6. The molecule has 0 bridgehead atoms. The summed E-state index contributed by atoms with van der Waals surface area (Å²) in [5, 5.41) is 4.50. The predicted molar refractivity (Wildman–Crippen MR) is 214 cm³/mol. The highest BCUT2D eigenvalue weighted by atomic mass is 19.1. The number of benzene rings is 8. The van der Waals surface area contributed by atoms with Crippen molar-refractivity contribution in [2.45, 2.75) is 0 Å². The number of para-hydroxylation sites is 2. The lowest BCUT2D eigenvalue weighted by Gasteiger charge is -2.26. The minimum Gasteiger partial charge on any atom is -0.456 e. The van der Waals surface area contributed by atoms with Crippen LogP contribution >= 0.6 is 0 Å². The quantitative estimate of drug-likeness (QED) is 0.176. The first-order valence-electron chi connectivity index (χ1n) is 17.4. The standard InChI is InChI=1S/C48H31FN2O/c49-36-19-25-39(26-20-36)51-45-12-6-4-10-41(45)43-30-35(18-28-46(43)51)34-16-23-38(24-17-34)50(37-21-14-33(15-22-37)32-8-2-1-3-9-32)40-27-29-48-44(31-40)42-11-5-7-13-47(42)52-48/h1-31H. The fourth-order valence-electron chi connectivity index (χ4n) is 7.56. The highest BCUT2D eigenvalue weighted by Gasteiger charge is 2.17. The molecule has 8 aromatic carbocycles. The number of halogens is 1. The van der Waals surface area contributed by atoms with Crippen LogP contribution in [0.4, 0.5) is 21.5 Å². The van der Waals surface area contributed by atoms with E-state index >= 15 is 0 Å². The number of hydrogen-bond acceptors (Lipinski definition) is 2. The van der Waals surface area contributed by atoms with Crippen molar-refractivity contribution in [2.24, 2.45) is 0 Å². The van der Waals surface area contributed by atoms with Crippen LogP contribution in [0, 0.1) is 5.82 Å². The highest BCUT2D eigenvalue weighted by molar-refractivity contribution is 6.10. The second kappa shape index (κ2) is 12.1. The zero-order valence-electron chi connectivity index (χ0n) is 28.1. The third-order valence-corrected chi connectivity index (χ3v) is 10.1. The van der Waals surface area contributed by atoms with Crippen molar-refractivity contribution in [1.29, 1.82) is 0 Å². The van der Waals surface area contributed by atoms with E-state index in [4.69, 9.17) is 4.42 Å². The minimum atomic E-state index is -0.242. The van der Waals surface area contributed by atoms with Crippen LogP contribution in [-0.4, -0.2) is 4.57 Å². The number of rotatable bonds is 6. The highest BCUT2D eigenvalue weighted by Crippen LogP contribution is 2.41. The lowest BCUT2D eigenvalue weighted by atomic mass is 10.0. The molecule has 0 radical (unpaired) electrons. The molecule has 2 aromatic heterocycles. The van der Waals surface area contributed by atoms with Gasteiger partial charge in [0.1, 0.15) is 17.0 Å². The summed E-state index contributed by atoms with van der Waals surface area (Å²) in [6, 6.07) is 64.4. The molecule has 2 heterocycles. The van der Waals surface area contributed by atoms with Gasteiger partial charge in [0.2, 0.25) is 0 Å². The van der Waals surface area contributed by atoms with Gasteiger partial charge in [-0.15, -0.1) is 0 Å². The molecule has 52 heavy (non-hydrogen) atoms. The van der Waals surface area contributed by atoms with Crippen LogP contribution in [-0.2, 0) is 0 Å². The Morgan fingerprint density at radius 1 is 0.385 bits per heavy atom. The zero-order valence-corrected chi connectivity index (χ0v) is 28.1. The lowest BCUT2D eigenvalue weighted by molar-refractivity contribution is 0.627. The summed E-state index contributed by atoms with van der Waals surface area (Å²) in [6.07, 6.45) is 0. The first-order chi connectivity index (χ1) is 25.7. The van der Waals surface area contributed by atoms with E-state index in [0.29, 0.717) is 0 Å². The molecule has 246 valence electrons. The molecule has 0 fully saturated rings. The van der Waals surface area contributed by atoms with Crippen LogP contribution in [0.25, 0.3) is 71.7 Å². The molecule has 10 aromatic rings. The van der Waals surface area contributed by atoms with Crippen molar-refractivity contribution in [3.05, 3.63) is 194 Å². The van der Waals surface area contributed by atoms with Crippen LogP contribution in [0.2, 0.25) is 0 Å². The molecule has 4 heteroatoms. The van der Waals surface area contributed by atoms with E-state index in [1.807, 2.05) is 30.3 Å². The van der Waals surface area contributed by atoms with Crippen LogP contribution in [0.3, 0.4) is 0 Å². The van der Waals surface area contributed by atoms with E-state index in [1.54, 1.807) is 0 Å². The second-order valence-electron chi connectivity index (χ2n) is 13.1. The van der Waals surface area contributed by atoms with E-state index in [2.05, 4.69) is 155 Å². The largest absolute Gasteiger partial charge is 0.456 e. The van der Waals surface area contributed by atoms with Gasteiger partial charge in [-0.05, 0) is 113 Å². The Bertz CT molecular complexity index is 2890. The number of anilines is 3. The molecular weight excluding hydrogens is 640 g/mol. The molecule has 0 atom stereocenters. The molecule has 3 nitrogen and oxygen atoms in total. The number of aromatic nitrogens is 1. The Morgan fingerprint density at radius 3 is 1.69 bits per heavy atom. The number of furan rings is 1. The van der Waals surface area contributed by atoms with E-state index in [1.165, 1.54) is 23.3 Å². The van der Waals surface area contributed by atoms with Crippen LogP contribution < -0.4 is 4.90 Å². The van der Waals surface area contributed by atoms with Crippen molar-refractivity contribution in [3.63, 3.8) is 0 Å². The van der Waals surface area contributed by atoms with Gasteiger partial charge < -0.3 is 13.9 Å². The first-order valence-corrected chi connectivity index (χ1v) is 17.4. The van der Waals surface area contributed by atoms with Gasteiger partial charge in [-0.1, -0.05) is 97.1 Å². The van der Waals surface area contributed by atoms with Crippen LogP contribution in [0.15, 0.2) is 192 Å². The third-order valence-electron chi connectivity index (χ3n) is 10.1. The van der Waals surface area contributed by atoms with E-state index in [-0.39, 0.29) is 5.82 Å². The summed E-state index contributed by atoms with van der Waals surface area (Å²) in [5.41, 5.74) is 12.6. The molecule has 0 aliphatic rings. The summed E-state index contributed by atoms with van der Waals surface area (Å²) < 4.78 is 22.2. The van der Waals surface area contributed by atoms with Gasteiger partial charge in [0.15, 0.2) is 0 Å². The maximum atomic E-state index is 13.8. The SMILES string of the molecule is Fc1ccc(-n2c3ccccc3c3cc(-c4ccc(N(c5ccc(-c6ccccc6)cc5)c5ccc6oc7ccccc7c6c5)cc4)ccc32)cc1. The molecular formula is C48H31FN2O. The van der Waals surface area contributed by atoms with Crippen molar-refractivity contribution >= 4 is 60.8 Å². The molecule has 0 saturated heterocycles. The Balaban J connectivity index is 1.07. The smallest absolute Gasteiger partial charge is 0.135 e. The summed E-state index contributed by atoms with van der Waals surface area (Å²) >= 11 is 0. The fraction of sp³-hybridized carbons (Fsp3) is 0. The molecule has 10 rings (SSSR count). The molecule has 0 aliphatic carbocycles. The Kier molecular flexibility index (Phi) is 7.00. The van der Waals surface area contributed by atoms with Crippen LogP contribution in [0.1, 0.15) is 0 Å². The normalized spacial score (nSPS) is 11.6. The van der Waals surface area contributed by atoms with Crippen molar-refractivity contribution < 1.29 is 8.81 Å². The van der Waals surface area contributed by atoms with Gasteiger partial charge in [0, 0.05) is 44.3 Å². The fourth-order valence-corrected chi connectivity index (χ4v) is 7.56. The third kappa shape index (κ3) is 5.04. The maximum absolute atomic E-state index is 13.8.